The van der Waals surface area contributed by atoms with E-state index in [0.29, 0.717) is 0 Å². The number of hydrogen-bond donors (Lipinski definition) is 0. The first-order valence-corrected chi connectivity index (χ1v) is 19.1. The van der Waals surface area contributed by atoms with Crippen LogP contribution in [0, 0.1) is 0 Å². The van der Waals surface area contributed by atoms with Crippen LogP contribution in [-0.4, -0.2) is 0 Å². The molecule has 9 aromatic carbocycles. The average Bonchev–Trinajstić information content (AvgIpc) is 3.66. The number of hydrogen-bond acceptors (Lipinski definition) is 2. The molecule has 264 valence electrons. The third-order valence-corrected chi connectivity index (χ3v) is 10.7. The molecule has 2 heteroatoms. The molecule has 0 N–H and O–H groups in total. The summed E-state index contributed by atoms with van der Waals surface area (Å²) in [6, 6.07) is 80.1. The standard InChI is InChI=1S/C54H37NO/c1-3-11-38(12-4-1)43-15-9-17-45(35-43)40-21-28-48(29-22-40)55(49-30-23-41(24-31-49)46-18-10-16-44(36-46)39-13-5-2-6-14-39)50-32-25-42(26-33-50)47-27-34-52-51-19-7-8-20-53(51)56-54(52)37-47/h1-37H. The Hall–Kier alpha value is -7.42. The van der Waals surface area contributed by atoms with Crippen LogP contribution < -0.4 is 4.90 Å². The van der Waals surface area contributed by atoms with Crippen LogP contribution in [0.15, 0.2) is 229 Å². The normalized spacial score (nSPS) is 11.2. The monoisotopic (exact) mass is 715 g/mol. The zero-order valence-corrected chi connectivity index (χ0v) is 30.7. The molecule has 0 amide bonds. The van der Waals surface area contributed by atoms with E-state index in [1.165, 1.54) is 44.5 Å². The molecule has 0 aliphatic carbocycles. The Labute approximate surface area is 327 Å². The van der Waals surface area contributed by atoms with Crippen molar-refractivity contribution in [1.82, 2.24) is 0 Å². The molecule has 0 aliphatic heterocycles. The maximum Gasteiger partial charge on any atom is 0.136 e. The van der Waals surface area contributed by atoms with Crippen LogP contribution in [0.2, 0.25) is 0 Å². The number of anilines is 3. The van der Waals surface area contributed by atoms with E-state index in [4.69, 9.17) is 4.42 Å². The quantitative estimate of drug-likeness (QED) is 0.156. The van der Waals surface area contributed by atoms with E-state index in [1.807, 2.05) is 12.1 Å². The molecule has 2 nitrogen and oxygen atoms in total. The fourth-order valence-corrected chi connectivity index (χ4v) is 7.78. The first-order chi connectivity index (χ1) is 27.7. The Morgan fingerprint density at radius 1 is 0.232 bits per heavy atom. The molecule has 0 unspecified atom stereocenters. The summed E-state index contributed by atoms with van der Waals surface area (Å²) >= 11 is 0. The first kappa shape index (κ1) is 33.2. The number of benzene rings is 9. The second-order valence-corrected chi connectivity index (χ2v) is 14.2. The average molecular weight is 716 g/mol. The summed E-state index contributed by atoms with van der Waals surface area (Å²) < 4.78 is 6.23. The molecule has 0 fully saturated rings. The Bertz CT molecular complexity index is 2800. The molecule has 0 atom stereocenters. The molecule has 0 saturated heterocycles. The minimum Gasteiger partial charge on any atom is -0.456 e. The summed E-state index contributed by atoms with van der Waals surface area (Å²) in [5, 5.41) is 2.28. The second-order valence-electron chi connectivity index (χ2n) is 14.2. The van der Waals surface area contributed by atoms with E-state index in [2.05, 4.69) is 217 Å². The zero-order valence-electron chi connectivity index (χ0n) is 30.7. The van der Waals surface area contributed by atoms with E-state index < -0.39 is 0 Å². The minimum atomic E-state index is 0.901. The second kappa shape index (κ2) is 14.4. The highest BCUT2D eigenvalue weighted by Crippen LogP contribution is 2.39. The van der Waals surface area contributed by atoms with Gasteiger partial charge in [0.25, 0.3) is 0 Å². The van der Waals surface area contributed by atoms with Gasteiger partial charge in [-0.1, -0.05) is 158 Å². The first-order valence-electron chi connectivity index (χ1n) is 19.1. The van der Waals surface area contributed by atoms with Crippen LogP contribution in [0.3, 0.4) is 0 Å². The molecule has 0 spiro atoms. The van der Waals surface area contributed by atoms with Crippen molar-refractivity contribution in [3.63, 3.8) is 0 Å². The van der Waals surface area contributed by atoms with Crippen molar-refractivity contribution in [2.45, 2.75) is 0 Å². The predicted octanol–water partition coefficient (Wildman–Crippen LogP) is 15.4. The van der Waals surface area contributed by atoms with Crippen molar-refractivity contribution in [2.24, 2.45) is 0 Å². The summed E-state index contributed by atoms with van der Waals surface area (Å²) in [7, 11) is 0. The van der Waals surface area contributed by atoms with Gasteiger partial charge >= 0.3 is 0 Å². The van der Waals surface area contributed by atoms with E-state index in [9.17, 15) is 0 Å². The van der Waals surface area contributed by atoms with Gasteiger partial charge in [-0.15, -0.1) is 0 Å². The van der Waals surface area contributed by atoms with Crippen LogP contribution in [0.5, 0.6) is 0 Å². The van der Waals surface area contributed by atoms with Gasteiger partial charge in [-0.25, -0.2) is 0 Å². The lowest BCUT2D eigenvalue weighted by Crippen LogP contribution is -2.09. The van der Waals surface area contributed by atoms with Crippen LogP contribution in [-0.2, 0) is 0 Å². The molecule has 1 aromatic heterocycles. The maximum absolute atomic E-state index is 6.23. The number of nitrogens with zero attached hydrogens (tertiary/aromatic N) is 1. The van der Waals surface area contributed by atoms with Crippen molar-refractivity contribution in [3.8, 4) is 55.6 Å². The topological polar surface area (TPSA) is 16.4 Å². The highest BCUT2D eigenvalue weighted by Gasteiger charge is 2.15. The summed E-state index contributed by atoms with van der Waals surface area (Å²) in [5.74, 6) is 0. The molecule has 10 aromatic rings. The van der Waals surface area contributed by atoms with E-state index >= 15 is 0 Å². The summed E-state index contributed by atoms with van der Waals surface area (Å²) in [6.45, 7) is 0. The van der Waals surface area contributed by atoms with Crippen molar-refractivity contribution in [1.29, 1.82) is 0 Å². The van der Waals surface area contributed by atoms with E-state index in [-0.39, 0.29) is 0 Å². The number of para-hydroxylation sites is 1. The van der Waals surface area contributed by atoms with E-state index in [0.717, 1.165) is 50.1 Å². The van der Waals surface area contributed by atoms with Crippen LogP contribution in [0.25, 0.3) is 77.6 Å². The van der Waals surface area contributed by atoms with Gasteiger partial charge in [0.2, 0.25) is 0 Å². The number of fused-ring (bicyclic) bond motifs is 3. The Morgan fingerprint density at radius 3 is 1.04 bits per heavy atom. The van der Waals surface area contributed by atoms with Gasteiger partial charge in [-0.3, -0.25) is 0 Å². The Morgan fingerprint density at radius 2 is 0.571 bits per heavy atom. The van der Waals surface area contributed by atoms with Gasteiger partial charge in [-0.2, -0.15) is 0 Å². The Kier molecular flexibility index (Phi) is 8.55. The van der Waals surface area contributed by atoms with Gasteiger partial charge in [0, 0.05) is 27.8 Å². The Balaban J connectivity index is 1.00. The minimum absolute atomic E-state index is 0.901. The van der Waals surface area contributed by atoms with Gasteiger partial charge < -0.3 is 9.32 Å². The van der Waals surface area contributed by atoms with Crippen molar-refractivity contribution < 1.29 is 4.42 Å². The van der Waals surface area contributed by atoms with Gasteiger partial charge in [0.1, 0.15) is 11.2 Å². The lowest BCUT2D eigenvalue weighted by Gasteiger charge is -2.26. The van der Waals surface area contributed by atoms with Crippen LogP contribution >= 0.6 is 0 Å². The van der Waals surface area contributed by atoms with Crippen molar-refractivity contribution in [3.05, 3.63) is 224 Å². The molecule has 56 heavy (non-hydrogen) atoms. The summed E-state index contributed by atoms with van der Waals surface area (Å²) in [4.78, 5) is 2.33. The largest absolute Gasteiger partial charge is 0.456 e. The molecular formula is C54H37NO. The van der Waals surface area contributed by atoms with Crippen LogP contribution in [0.1, 0.15) is 0 Å². The maximum atomic E-state index is 6.23. The van der Waals surface area contributed by atoms with Crippen molar-refractivity contribution >= 4 is 39.0 Å². The van der Waals surface area contributed by atoms with Crippen LogP contribution in [0.4, 0.5) is 17.1 Å². The highest BCUT2D eigenvalue weighted by atomic mass is 16.3. The lowest BCUT2D eigenvalue weighted by atomic mass is 9.98. The molecule has 0 aliphatic rings. The molecular weight excluding hydrogens is 679 g/mol. The molecule has 0 bridgehead atoms. The van der Waals surface area contributed by atoms with Gasteiger partial charge in [0.05, 0.1) is 0 Å². The lowest BCUT2D eigenvalue weighted by molar-refractivity contribution is 0.669. The molecule has 0 saturated carbocycles. The summed E-state index contributed by atoms with van der Waals surface area (Å²) in [6.07, 6.45) is 0. The van der Waals surface area contributed by atoms with E-state index in [1.54, 1.807) is 0 Å². The van der Waals surface area contributed by atoms with Crippen molar-refractivity contribution in [2.75, 3.05) is 4.90 Å². The SMILES string of the molecule is c1ccc(-c2cccc(-c3ccc(N(c4ccc(-c5cccc(-c6ccccc6)c5)cc4)c4ccc(-c5ccc6c(c5)oc5ccccc56)cc4)cc3)c2)cc1. The zero-order chi connectivity index (χ0) is 37.3. The highest BCUT2D eigenvalue weighted by molar-refractivity contribution is 6.05. The number of furan rings is 1. The fraction of sp³-hybridized carbons (Fsp3) is 0. The summed E-state index contributed by atoms with van der Waals surface area (Å²) in [5.41, 5.74) is 16.9. The number of rotatable bonds is 8. The molecule has 1 heterocycles. The van der Waals surface area contributed by atoms with Gasteiger partial charge in [-0.05, 0) is 122 Å². The fourth-order valence-electron chi connectivity index (χ4n) is 7.78. The molecule has 0 radical (unpaired) electrons. The third-order valence-electron chi connectivity index (χ3n) is 10.7. The predicted molar refractivity (Wildman–Crippen MR) is 236 cm³/mol. The van der Waals surface area contributed by atoms with Gasteiger partial charge in [0.15, 0.2) is 0 Å². The third kappa shape index (κ3) is 6.44. The molecule has 10 rings (SSSR count). The smallest absolute Gasteiger partial charge is 0.136 e.